The molecule has 0 aromatic heterocycles. The molecule has 1 radical (unpaired) electrons. The summed E-state index contributed by atoms with van der Waals surface area (Å²) in [7, 11) is 5.39. The number of hydrogen-bond donors (Lipinski definition) is 0. The Morgan fingerprint density at radius 3 is 2.11 bits per heavy atom. The summed E-state index contributed by atoms with van der Waals surface area (Å²) >= 11 is -2.37. The topological polar surface area (TPSA) is 17.1 Å². The van der Waals surface area contributed by atoms with Crippen LogP contribution < -0.4 is 4.35 Å². The van der Waals surface area contributed by atoms with Crippen molar-refractivity contribution in [3.05, 3.63) is 30.3 Å². The summed E-state index contributed by atoms with van der Waals surface area (Å²) in [5.74, 6) is 0. The molecule has 0 aliphatic carbocycles. The van der Waals surface area contributed by atoms with E-state index in [1.807, 2.05) is 18.2 Å². The van der Waals surface area contributed by atoms with Gasteiger partial charge in [-0.25, -0.2) is 0 Å². The molecule has 1 nitrogen and oxygen atoms in total. The van der Waals surface area contributed by atoms with Gasteiger partial charge in [0, 0.05) is 0 Å². The molecule has 47 valence electrons. The summed E-state index contributed by atoms with van der Waals surface area (Å²) in [6.45, 7) is 0. The van der Waals surface area contributed by atoms with E-state index in [0.29, 0.717) is 0 Å². The molecule has 1 aromatic carbocycles. The SMILES string of the molecule is O=[As](Cl)c1ccccc1. The minimum atomic E-state index is -2.37. The summed E-state index contributed by atoms with van der Waals surface area (Å²) < 4.78 is 11.4. The zero-order valence-electron chi connectivity index (χ0n) is 4.62. The monoisotopic (exact) mass is 203 g/mol. The molecule has 0 saturated carbocycles. The second-order valence-corrected chi connectivity index (χ2v) is 5.29. The normalized spacial score (nSPS) is 11.0. The molecule has 0 aliphatic heterocycles. The third-order valence-electron chi connectivity index (χ3n) is 0.959. The van der Waals surface area contributed by atoms with Gasteiger partial charge in [-0.05, 0) is 0 Å². The van der Waals surface area contributed by atoms with Crippen LogP contribution in [0, 0.1) is 0 Å². The van der Waals surface area contributed by atoms with E-state index in [9.17, 15) is 3.74 Å². The zero-order chi connectivity index (χ0) is 6.69. The van der Waals surface area contributed by atoms with Crippen molar-refractivity contribution in [1.29, 1.82) is 0 Å². The van der Waals surface area contributed by atoms with E-state index in [0.717, 1.165) is 4.35 Å². The van der Waals surface area contributed by atoms with Crippen molar-refractivity contribution >= 4 is 28.0 Å². The van der Waals surface area contributed by atoms with Gasteiger partial charge in [0.2, 0.25) is 0 Å². The Bertz CT molecular complexity index is 210. The van der Waals surface area contributed by atoms with Crippen molar-refractivity contribution in [3.63, 3.8) is 0 Å². The maximum atomic E-state index is 10.6. The van der Waals surface area contributed by atoms with Crippen LogP contribution in [-0.2, 0) is 3.74 Å². The molecular formula is C6H5AsClO. The molecule has 9 heavy (non-hydrogen) atoms. The molecular weight excluding hydrogens is 198 g/mol. The molecule has 3 heteroatoms. The van der Waals surface area contributed by atoms with Crippen LogP contribution in [0.4, 0.5) is 0 Å². The van der Waals surface area contributed by atoms with Crippen molar-refractivity contribution in [3.8, 4) is 0 Å². The van der Waals surface area contributed by atoms with Crippen LogP contribution in [0.25, 0.3) is 0 Å². The van der Waals surface area contributed by atoms with E-state index in [1.54, 1.807) is 12.1 Å². The van der Waals surface area contributed by atoms with Crippen molar-refractivity contribution < 1.29 is 3.74 Å². The van der Waals surface area contributed by atoms with E-state index < -0.39 is 13.6 Å². The van der Waals surface area contributed by atoms with Crippen molar-refractivity contribution in [2.45, 2.75) is 0 Å². The minimum absolute atomic E-state index is 0.770. The van der Waals surface area contributed by atoms with Gasteiger partial charge in [0.05, 0.1) is 0 Å². The fraction of sp³-hybridized carbons (Fsp3) is 0. The molecule has 0 aliphatic rings. The van der Waals surface area contributed by atoms with E-state index in [-0.39, 0.29) is 0 Å². The Morgan fingerprint density at radius 2 is 1.78 bits per heavy atom. The van der Waals surface area contributed by atoms with Gasteiger partial charge in [0.15, 0.2) is 0 Å². The fourth-order valence-corrected chi connectivity index (χ4v) is 1.98. The second-order valence-electron chi connectivity index (χ2n) is 1.58. The van der Waals surface area contributed by atoms with Crippen molar-refractivity contribution in [2.75, 3.05) is 0 Å². The Labute approximate surface area is 62.3 Å². The van der Waals surface area contributed by atoms with Crippen LogP contribution in [-0.4, -0.2) is 13.6 Å². The molecule has 0 heterocycles. The van der Waals surface area contributed by atoms with E-state index in [1.165, 1.54) is 0 Å². The molecule has 0 N–H and O–H groups in total. The first kappa shape index (κ1) is 6.98. The second kappa shape index (κ2) is 3.14. The van der Waals surface area contributed by atoms with Crippen LogP contribution in [0.5, 0.6) is 0 Å². The predicted molar refractivity (Wildman–Crippen MR) is 38.4 cm³/mol. The number of halogens is 1. The predicted octanol–water partition coefficient (Wildman–Crippen LogP) is 1.05. The number of rotatable bonds is 1. The van der Waals surface area contributed by atoms with E-state index in [4.69, 9.17) is 9.95 Å². The summed E-state index contributed by atoms with van der Waals surface area (Å²) in [6.07, 6.45) is 0. The van der Waals surface area contributed by atoms with Crippen LogP contribution in [0.15, 0.2) is 30.3 Å². The summed E-state index contributed by atoms with van der Waals surface area (Å²) in [5, 5.41) is 0. The third-order valence-corrected chi connectivity index (χ3v) is 3.45. The zero-order valence-corrected chi connectivity index (χ0v) is 7.25. The Kier molecular flexibility index (Phi) is 2.44. The van der Waals surface area contributed by atoms with E-state index >= 15 is 0 Å². The van der Waals surface area contributed by atoms with Crippen LogP contribution in [0.1, 0.15) is 0 Å². The number of benzene rings is 1. The van der Waals surface area contributed by atoms with Gasteiger partial charge in [0.1, 0.15) is 0 Å². The third kappa shape index (κ3) is 1.92. The fourth-order valence-electron chi connectivity index (χ4n) is 0.545. The van der Waals surface area contributed by atoms with Crippen molar-refractivity contribution in [2.24, 2.45) is 0 Å². The van der Waals surface area contributed by atoms with Gasteiger partial charge >= 0.3 is 62.0 Å². The first-order valence-electron chi connectivity index (χ1n) is 2.49. The molecule has 1 rings (SSSR count). The van der Waals surface area contributed by atoms with Gasteiger partial charge in [-0.2, -0.15) is 0 Å². The molecule has 0 amide bonds. The van der Waals surface area contributed by atoms with Crippen LogP contribution in [0.2, 0.25) is 0 Å². The molecule has 0 saturated heterocycles. The Hall–Kier alpha value is -0.132. The summed E-state index contributed by atoms with van der Waals surface area (Å²) in [6, 6.07) is 9.09. The molecule has 1 unspecified atom stereocenters. The van der Waals surface area contributed by atoms with E-state index in [2.05, 4.69) is 0 Å². The first-order chi connectivity index (χ1) is 4.30. The first-order valence-corrected chi connectivity index (χ1v) is 6.66. The average molecular weight is 203 g/mol. The van der Waals surface area contributed by atoms with Gasteiger partial charge < -0.3 is 0 Å². The Balaban J connectivity index is 2.98. The molecule has 0 spiro atoms. The molecule has 0 bridgehead atoms. The molecule has 1 atom stereocenters. The summed E-state index contributed by atoms with van der Waals surface area (Å²) in [5.41, 5.74) is 0. The van der Waals surface area contributed by atoms with Crippen LogP contribution in [0.3, 0.4) is 0 Å². The van der Waals surface area contributed by atoms with Gasteiger partial charge in [-0.1, -0.05) is 0 Å². The van der Waals surface area contributed by atoms with Gasteiger partial charge in [-0.3, -0.25) is 0 Å². The molecule has 0 fully saturated rings. The van der Waals surface area contributed by atoms with Gasteiger partial charge in [0.25, 0.3) is 0 Å². The number of hydrogen-bond acceptors (Lipinski definition) is 1. The quantitative estimate of drug-likeness (QED) is 0.624. The van der Waals surface area contributed by atoms with Crippen molar-refractivity contribution in [1.82, 2.24) is 0 Å². The van der Waals surface area contributed by atoms with Gasteiger partial charge in [-0.15, -0.1) is 0 Å². The van der Waals surface area contributed by atoms with Crippen LogP contribution >= 0.6 is 9.95 Å². The Morgan fingerprint density at radius 1 is 1.22 bits per heavy atom. The standard InChI is InChI=1S/C6H5AsClO/c8-7(9)6-4-2-1-3-5-6/h1-5H. The molecule has 1 aromatic rings. The maximum absolute atomic E-state index is 10.6. The average Bonchev–Trinajstić information content (AvgIpc) is 1.90. The summed E-state index contributed by atoms with van der Waals surface area (Å²) in [4.78, 5) is 0.